The van der Waals surface area contributed by atoms with Gasteiger partial charge in [-0.1, -0.05) is 11.8 Å². The van der Waals surface area contributed by atoms with Gasteiger partial charge in [0.15, 0.2) is 4.34 Å². The maximum atomic E-state index is 11.6. The average Bonchev–Trinajstić information content (AvgIpc) is 2.69. The van der Waals surface area contributed by atoms with Crippen LogP contribution in [0.3, 0.4) is 0 Å². The monoisotopic (exact) mass is 302 g/mol. The first-order chi connectivity index (χ1) is 8.83. The standard InChI is InChI=1S/C12H22N4OS2/c1-8(2)15-12(4,10(13)17)6-5-7-18-11-14-9(3)16-19-11/h8,15H,5-7H2,1-4H3,(H2,13,17). The van der Waals surface area contributed by atoms with Crippen molar-refractivity contribution in [3.8, 4) is 0 Å². The number of rotatable bonds is 8. The molecule has 19 heavy (non-hydrogen) atoms. The van der Waals surface area contributed by atoms with Crippen molar-refractivity contribution in [3.05, 3.63) is 5.82 Å². The first-order valence-electron chi connectivity index (χ1n) is 6.34. The molecule has 1 unspecified atom stereocenters. The molecule has 1 aromatic heterocycles. The van der Waals surface area contributed by atoms with Crippen molar-refractivity contribution in [1.29, 1.82) is 0 Å². The Morgan fingerprint density at radius 2 is 2.26 bits per heavy atom. The quantitative estimate of drug-likeness (QED) is 0.567. The summed E-state index contributed by atoms with van der Waals surface area (Å²) in [5.74, 6) is 1.44. The van der Waals surface area contributed by atoms with Gasteiger partial charge in [-0.05, 0) is 52.1 Å². The highest BCUT2D eigenvalue weighted by Gasteiger charge is 2.30. The summed E-state index contributed by atoms with van der Waals surface area (Å²) >= 11 is 3.10. The van der Waals surface area contributed by atoms with Crippen LogP contribution in [0.5, 0.6) is 0 Å². The van der Waals surface area contributed by atoms with Gasteiger partial charge in [-0.3, -0.25) is 4.79 Å². The van der Waals surface area contributed by atoms with Crippen LogP contribution in [0.4, 0.5) is 0 Å². The lowest BCUT2D eigenvalue weighted by molar-refractivity contribution is -0.124. The minimum Gasteiger partial charge on any atom is -0.368 e. The van der Waals surface area contributed by atoms with Gasteiger partial charge < -0.3 is 11.1 Å². The Bertz CT molecular complexity index is 422. The van der Waals surface area contributed by atoms with Gasteiger partial charge in [-0.25, -0.2) is 4.98 Å². The van der Waals surface area contributed by atoms with Crippen molar-refractivity contribution >= 4 is 29.2 Å². The van der Waals surface area contributed by atoms with Crippen molar-refractivity contribution in [3.63, 3.8) is 0 Å². The fraction of sp³-hybridized carbons (Fsp3) is 0.750. The zero-order valence-electron chi connectivity index (χ0n) is 11.9. The Labute approximate surface area is 122 Å². The zero-order valence-corrected chi connectivity index (χ0v) is 13.5. The number of nitrogens with one attached hydrogen (secondary N) is 1. The molecule has 0 aromatic carbocycles. The van der Waals surface area contributed by atoms with E-state index in [0.29, 0.717) is 0 Å². The van der Waals surface area contributed by atoms with Crippen LogP contribution in [0.1, 0.15) is 39.4 Å². The Balaban J connectivity index is 2.38. The van der Waals surface area contributed by atoms with Crippen LogP contribution in [0.15, 0.2) is 4.34 Å². The Kier molecular flexibility index (Phi) is 6.22. The second kappa shape index (κ2) is 7.21. The largest absolute Gasteiger partial charge is 0.368 e. The molecule has 0 spiro atoms. The van der Waals surface area contributed by atoms with E-state index in [0.717, 1.165) is 28.8 Å². The van der Waals surface area contributed by atoms with E-state index >= 15 is 0 Å². The van der Waals surface area contributed by atoms with Gasteiger partial charge in [0.2, 0.25) is 5.91 Å². The van der Waals surface area contributed by atoms with Crippen LogP contribution in [0.25, 0.3) is 0 Å². The molecule has 0 bridgehead atoms. The molecule has 1 rings (SSSR count). The number of primary amides is 1. The van der Waals surface area contributed by atoms with Crippen LogP contribution in [-0.2, 0) is 4.79 Å². The highest BCUT2D eigenvalue weighted by Crippen LogP contribution is 2.23. The van der Waals surface area contributed by atoms with Gasteiger partial charge in [-0.15, -0.1) is 0 Å². The number of aryl methyl sites for hydroxylation is 1. The summed E-state index contributed by atoms with van der Waals surface area (Å²) in [6, 6.07) is 0.232. The zero-order chi connectivity index (χ0) is 14.5. The maximum Gasteiger partial charge on any atom is 0.237 e. The van der Waals surface area contributed by atoms with E-state index in [1.165, 1.54) is 11.5 Å². The minimum absolute atomic E-state index is 0.232. The van der Waals surface area contributed by atoms with Gasteiger partial charge in [-0.2, -0.15) is 4.37 Å². The predicted octanol–water partition coefficient (Wildman–Crippen LogP) is 1.96. The van der Waals surface area contributed by atoms with E-state index in [2.05, 4.69) is 14.7 Å². The summed E-state index contributed by atoms with van der Waals surface area (Å²) < 4.78 is 5.12. The van der Waals surface area contributed by atoms with Gasteiger partial charge in [0.1, 0.15) is 5.82 Å². The number of amides is 1. The number of hydrogen-bond donors (Lipinski definition) is 2. The van der Waals surface area contributed by atoms with Crippen LogP contribution < -0.4 is 11.1 Å². The first kappa shape index (κ1) is 16.4. The number of thioether (sulfide) groups is 1. The third-order valence-electron chi connectivity index (χ3n) is 2.71. The molecule has 1 amide bonds. The highest BCUT2D eigenvalue weighted by atomic mass is 32.2. The number of nitrogens with two attached hydrogens (primary N) is 1. The van der Waals surface area contributed by atoms with Crippen molar-refractivity contribution < 1.29 is 4.79 Å². The Morgan fingerprint density at radius 1 is 1.58 bits per heavy atom. The molecule has 0 saturated heterocycles. The van der Waals surface area contributed by atoms with Gasteiger partial charge in [0.25, 0.3) is 0 Å². The van der Waals surface area contributed by atoms with Gasteiger partial charge in [0.05, 0.1) is 5.54 Å². The smallest absolute Gasteiger partial charge is 0.237 e. The molecule has 1 aromatic rings. The van der Waals surface area contributed by atoms with Crippen molar-refractivity contribution in [2.45, 2.75) is 56.5 Å². The Hall–Kier alpha value is -0.660. The van der Waals surface area contributed by atoms with E-state index in [1.54, 1.807) is 11.8 Å². The lowest BCUT2D eigenvalue weighted by Crippen LogP contribution is -2.55. The molecule has 0 aliphatic rings. The van der Waals surface area contributed by atoms with Crippen molar-refractivity contribution in [1.82, 2.24) is 14.7 Å². The molecule has 1 atom stereocenters. The molecular formula is C12H22N4OS2. The van der Waals surface area contributed by atoms with Crippen LogP contribution >= 0.6 is 23.3 Å². The molecule has 7 heteroatoms. The topological polar surface area (TPSA) is 80.9 Å². The third-order valence-corrected chi connectivity index (χ3v) is 4.72. The second-order valence-corrected chi connectivity index (χ2v) is 7.15. The third kappa shape index (κ3) is 5.46. The van der Waals surface area contributed by atoms with E-state index in [4.69, 9.17) is 5.73 Å². The van der Waals surface area contributed by atoms with Crippen LogP contribution in [0.2, 0.25) is 0 Å². The summed E-state index contributed by atoms with van der Waals surface area (Å²) in [5, 5.41) is 3.25. The molecule has 5 nitrogen and oxygen atoms in total. The lowest BCUT2D eigenvalue weighted by Gasteiger charge is -2.29. The average molecular weight is 302 g/mol. The molecule has 0 aliphatic carbocycles. The Morgan fingerprint density at radius 3 is 2.74 bits per heavy atom. The van der Waals surface area contributed by atoms with E-state index in [1.807, 2.05) is 27.7 Å². The summed E-state index contributed by atoms with van der Waals surface area (Å²) in [6.07, 6.45) is 1.63. The molecule has 0 radical (unpaired) electrons. The summed E-state index contributed by atoms with van der Waals surface area (Å²) in [4.78, 5) is 15.8. The number of nitrogens with zero attached hydrogens (tertiary/aromatic N) is 2. The molecule has 0 saturated carbocycles. The molecule has 1 heterocycles. The number of hydrogen-bond acceptors (Lipinski definition) is 6. The lowest BCUT2D eigenvalue weighted by atomic mass is 9.94. The molecule has 108 valence electrons. The molecule has 0 aliphatic heterocycles. The van der Waals surface area contributed by atoms with Crippen LogP contribution in [-0.4, -0.2) is 32.6 Å². The highest BCUT2D eigenvalue weighted by molar-refractivity contribution is 8.00. The van der Waals surface area contributed by atoms with Gasteiger partial charge in [0, 0.05) is 11.8 Å². The second-order valence-electron chi connectivity index (χ2n) is 5.05. The number of aromatic nitrogens is 2. The predicted molar refractivity (Wildman–Crippen MR) is 80.5 cm³/mol. The summed E-state index contributed by atoms with van der Waals surface area (Å²) in [7, 11) is 0. The van der Waals surface area contributed by atoms with E-state index < -0.39 is 5.54 Å². The van der Waals surface area contributed by atoms with E-state index in [9.17, 15) is 4.79 Å². The molecular weight excluding hydrogens is 280 g/mol. The summed E-state index contributed by atoms with van der Waals surface area (Å²) in [6.45, 7) is 7.78. The molecule has 3 N–H and O–H groups in total. The maximum absolute atomic E-state index is 11.6. The van der Waals surface area contributed by atoms with E-state index in [-0.39, 0.29) is 11.9 Å². The van der Waals surface area contributed by atoms with Crippen LogP contribution in [0, 0.1) is 6.92 Å². The van der Waals surface area contributed by atoms with Crippen molar-refractivity contribution in [2.75, 3.05) is 5.75 Å². The number of carbonyl (C=O) groups is 1. The fourth-order valence-corrected chi connectivity index (χ4v) is 3.48. The van der Waals surface area contributed by atoms with Crippen molar-refractivity contribution in [2.24, 2.45) is 5.73 Å². The number of carbonyl (C=O) groups excluding carboxylic acids is 1. The summed E-state index contributed by atoms with van der Waals surface area (Å²) in [5.41, 5.74) is 4.85. The minimum atomic E-state index is -0.633. The SMILES string of the molecule is Cc1nsc(SCCCC(C)(NC(C)C)C(N)=O)n1. The normalized spacial score (nSPS) is 14.6. The fourth-order valence-electron chi connectivity index (χ4n) is 1.83. The van der Waals surface area contributed by atoms with Gasteiger partial charge >= 0.3 is 0 Å². The first-order valence-corrected chi connectivity index (χ1v) is 8.10. The molecule has 0 fully saturated rings.